The van der Waals surface area contributed by atoms with Crippen molar-refractivity contribution in [2.45, 2.75) is 32.2 Å². The molecule has 0 saturated carbocycles. The Morgan fingerprint density at radius 2 is 1.90 bits per heavy atom. The topological polar surface area (TPSA) is 39.2 Å². The highest BCUT2D eigenvalue weighted by Crippen LogP contribution is 2.28. The number of carbonyl (C=O) groups is 1. The summed E-state index contributed by atoms with van der Waals surface area (Å²) in [5.74, 6) is -0.138. The molecular weight excluding hydrogens is 261 g/mol. The Morgan fingerprint density at radius 3 is 2.67 bits per heavy atom. The van der Waals surface area contributed by atoms with Crippen LogP contribution in [0.3, 0.4) is 0 Å². The quantitative estimate of drug-likeness (QED) is 0.638. The lowest BCUT2D eigenvalue weighted by Crippen LogP contribution is -2.33. The molecule has 1 aliphatic heterocycles. The molecule has 2 aromatic rings. The number of cyclic esters (lactones) is 1. The maximum atomic E-state index is 11.9. The van der Waals surface area contributed by atoms with Gasteiger partial charge >= 0.3 is 5.97 Å². The molecule has 1 aromatic heterocycles. The van der Waals surface area contributed by atoms with Gasteiger partial charge in [0.1, 0.15) is 6.10 Å². The standard InChI is InChI=1S/C17H17BNO2/c1-11-12(2)21-17(20)14-8-9-15(19-16(11)14)18-10-13-6-4-3-5-7-13/h3-9,11-12H,10H2,1-2H3. The van der Waals surface area contributed by atoms with E-state index in [1.165, 1.54) is 5.56 Å². The van der Waals surface area contributed by atoms with Gasteiger partial charge < -0.3 is 4.74 Å². The Bertz CT molecular complexity index is 657. The molecule has 0 aliphatic carbocycles. The van der Waals surface area contributed by atoms with Gasteiger partial charge in [0.15, 0.2) is 7.28 Å². The summed E-state index contributed by atoms with van der Waals surface area (Å²) in [4.78, 5) is 16.5. The Labute approximate surface area is 125 Å². The molecule has 3 rings (SSSR count). The predicted octanol–water partition coefficient (Wildman–Crippen LogP) is 2.27. The highest BCUT2D eigenvalue weighted by Gasteiger charge is 2.31. The lowest BCUT2D eigenvalue weighted by Gasteiger charge is -2.27. The van der Waals surface area contributed by atoms with Crippen LogP contribution in [0.15, 0.2) is 42.5 Å². The lowest BCUT2D eigenvalue weighted by atomic mass is 9.68. The molecule has 0 spiro atoms. The number of aromatic nitrogens is 1. The summed E-state index contributed by atoms with van der Waals surface area (Å²) in [6.07, 6.45) is 0.711. The number of hydrogen-bond donors (Lipinski definition) is 0. The van der Waals surface area contributed by atoms with Crippen molar-refractivity contribution in [2.24, 2.45) is 0 Å². The fourth-order valence-corrected chi connectivity index (χ4v) is 2.52. The number of ether oxygens (including phenoxy) is 1. The molecule has 3 nitrogen and oxygen atoms in total. The molecule has 0 saturated heterocycles. The van der Waals surface area contributed by atoms with Gasteiger partial charge in [-0.05, 0) is 31.0 Å². The minimum atomic E-state index is -0.266. The molecule has 2 unspecified atom stereocenters. The molecule has 0 amide bonds. The molecule has 1 aliphatic rings. The molecular formula is C17H17BNO2. The molecule has 21 heavy (non-hydrogen) atoms. The van der Waals surface area contributed by atoms with Crippen molar-refractivity contribution < 1.29 is 9.53 Å². The molecule has 1 aromatic carbocycles. The van der Waals surface area contributed by atoms with Gasteiger partial charge in [-0.3, -0.25) is 4.98 Å². The van der Waals surface area contributed by atoms with E-state index in [0.717, 1.165) is 17.6 Å². The van der Waals surface area contributed by atoms with Crippen molar-refractivity contribution in [3.8, 4) is 0 Å². The fraction of sp³-hybridized carbons (Fsp3) is 0.294. The monoisotopic (exact) mass is 278 g/mol. The van der Waals surface area contributed by atoms with Crippen LogP contribution in [-0.2, 0) is 11.1 Å². The number of carbonyl (C=O) groups excluding carboxylic acids is 1. The van der Waals surface area contributed by atoms with Crippen molar-refractivity contribution in [3.05, 3.63) is 59.3 Å². The van der Waals surface area contributed by atoms with Crippen molar-refractivity contribution >= 4 is 18.8 Å². The first-order chi connectivity index (χ1) is 10.1. The molecule has 105 valence electrons. The van der Waals surface area contributed by atoms with Crippen LogP contribution in [-0.4, -0.2) is 24.3 Å². The molecule has 0 N–H and O–H groups in total. The minimum Gasteiger partial charge on any atom is -0.458 e. The first-order valence-corrected chi connectivity index (χ1v) is 7.24. The first kappa shape index (κ1) is 13.9. The van der Waals surface area contributed by atoms with Gasteiger partial charge in [-0.25, -0.2) is 4.79 Å². The number of pyridine rings is 1. The van der Waals surface area contributed by atoms with E-state index < -0.39 is 0 Å². The largest absolute Gasteiger partial charge is 0.458 e. The highest BCUT2D eigenvalue weighted by atomic mass is 16.5. The van der Waals surface area contributed by atoms with Crippen LogP contribution in [0.25, 0.3) is 0 Å². The van der Waals surface area contributed by atoms with Crippen LogP contribution in [0.1, 0.15) is 41.4 Å². The SMILES string of the molecule is CC1OC(=O)c2ccc([B]Cc3ccccc3)nc2C1C. The summed E-state index contributed by atoms with van der Waals surface area (Å²) in [5, 5.41) is 0. The summed E-state index contributed by atoms with van der Waals surface area (Å²) >= 11 is 0. The smallest absolute Gasteiger partial charge is 0.340 e. The normalized spacial score (nSPS) is 20.6. The van der Waals surface area contributed by atoms with E-state index in [1.54, 1.807) is 0 Å². The van der Waals surface area contributed by atoms with Crippen molar-refractivity contribution in [2.75, 3.05) is 0 Å². The zero-order valence-electron chi connectivity index (χ0n) is 12.2. The van der Waals surface area contributed by atoms with Crippen LogP contribution in [0, 0.1) is 0 Å². The van der Waals surface area contributed by atoms with Crippen LogP contribution in [0.2, 0.25) is 0 Å². The van der Waals surface area contributed by atoms with Gasteiger partial charge in [-0.15, -0.1) is 0 Å². The van der Waals surface area contributed by atoms with E-state index >= 15 is 0 Å². The van der Waals surface area contributed by atoms with Gasteiger partial charge in [0.05, 0.1) is 11.3 Å². The summed E-state index contributed by atoms with van der Waals surface area (Å²) in [5.41, 5.74) is 3.60. The second-order valence-electron chi connectivity index (χ2n) is 5.46. The van der Waals surface area contributed by atoms with Crippen molar-refractivity contribution in [3.63, 3.8) is 0 Å². The van der Waals surface area contributed by atoms with E-state index in [9.17, 15) is 4.79 Å². The number of rotatable bonds is 3. The zero-order chi connectivity index (χ0) is 14.8. The third kappa shape index (κ3) is 2.84. The van der Waals surface area contributed by atoms with Gasteiger partial charge in [-0.1, -0.05) is 42.8 Å². The maximum Gasteiger partial charge on any atom is 0.340 e. The van der Waals surface area contributed by atoms with Gasteiger partial charge in [0.2, 0.25) is 0 Å². The fourth-order valence-electron chi connectivity index (χ4n) is 2.52. The number of fused-ring (bicyclic) bond motifs is 1. The second kappa shape index (κ2) is 5.72. The summed E-state index contributed by atoms with van der Waals surface area (Å²) < 4.78 is 5.30. The van der Waals surface area contributed by atoms with Crippen LogP contribution < -0.4 is 5.59 Å². The Kier molecular flexibility index (Phi) is 3.78. The molecule has 4 heteroatoms. The van der Waals surface area contributed by atoms with Crippen LogP contribution >= 0.6 is 0 Å². The lowest BCUT2D eigenvalue weighted by molar-refractivity contribution is 0.0235. The molecule has 2 atom stereocenters. The highest BCUT2D eigenvalue weighted by molar-refractivity contribution is 6.51. The number of hydrogen-bond acceptors (Lipinski definition) is 3. The third-order valence-corrected chi connectivity index (χ3v) is 3.98. The summed E-state index contributed by atoms with van der Waals surface area (Å²) in [6, 6.07) is 14.0. The average molecular weight is 278 g/mol. The summed E-state index contributed by atoms with van der Waals surface area (Å²) in [7, 11) is 2.09. The molecule has 1 radical (unpaired) electrons. The van der Waals surface area contributed by atoms with Crippen LogP contribution in [0.5, 0.6) is 0 Å². The zero-order valence-corrected chi connectivity index (χ0v) is 12.2. The van der Waals surface area contributed by atoms with Crippen molar-refractivity contribution in [1.29, 1.82) is 0 Å². The Balaban J connectivity index is 1.81. The number of benzene rings is 1. The predicted molar refractivity (Wildman–Crippen MR) is 83.1 cm³/mol. The van der Waals surface area contributed by atoms with E-state index in [2.05, 4.69) is 24.4 Å². The van der Waals surface area contributed by atoms with Crippen molar-refractivity contribution in [1.82, 2.24) is 4.98 Å². The van der Waals surface area contributed by atoms with E-state index in [4.69, 9.17) is 4.74 Å². The number of esters is 1. The second-order valence-corrected chi connectivity index (χ2v) is 5.46. The summed E-state index contributed by atoms with van der Waals surface area (Å²) in [6.45, 7) is 3.96. The van der Waals surface area contributed by atoms with Gasteiger partial charge in [0, 0.05) is 5.92 Å². The van der Waals surface area contributed by atoms with E-state index in [0.29, 0.717) is 5.56 Å². The van der Waals surface area contributed by atoms with E-state index in [1.807, 2.05) is 44.2 Å². The molecule has 0 bridgehead atoms. The van der Waals surface area contributed by atoms with Gasteiger partial charge in [-0.2, -0.15) is 0 Å². The average Bonchev–Trinajstić information content (AvgIpc) is 2.51. The third-order valence-electron chi connectivity index (χ3n) is 3.98. The number of nitrogens with zero attached hydrogens (tertiary/aromatic N) is 1. The molecule has 0 fully saturated rings. The molecule has 2 heterocycles. The van der Waals surface area contributed by atoms with E-state index in [-0.39, 0.29) is 18.0 Å². The Hall–Kier alpha value is -2.10. The van der Waals surface area contributed by atoms with Crippen LogP contribution in [0.4, 0.5) is 0 Å². The van der Waals surface area contributed by atoms with Gasteiger partial charge in [0.25, 0.3) is 0 Å². The first-order valence-electron chi connectivity index (χ1n) is 7.24. The Morgan fingerprint density at radius 1 is 1.14 bits per heavy atom. The maximum absolute atomic E-state index is 11.9. The minimum absolute atomic E-state index is 0.123.